The minimum absolute atomic E-state index is 0. The zero-order chi connectivity index (χ0) is 6.82. The van der Waals surface area contributed by atoms with E-state index in [-0.39, 0.29) is 17.9 Å². The highest BCUT2D eigenvalue weighted by atomic mass is 35.5. The van der Waals surface area contributed by atoms with Crippen LogP contribution in [0.2, 0.25) is 0 Å². The van der Waals surface area contributed by atoms with Crippen LogP contribution in [0.3, 0.4) is 0 Å². The number of hydrogen-bond donors (Lipinski definition) is 1. The summed E-state index contributed by atoms with van der Waals surface area (Å²) in [4.78, 5) is 0. The van der Waals surface area contributed by atoms with E-state index in [2.05, 4.69) is 0 Å². The van der Waals surface area contributed by atoms with Crippen molar-refractivity contribution >= 4 is 12.4 Å². The van der Waals surface area contributed by atoms with Crippen molar-refractivity contribution in [3.05, 3.63) is 0 Å². The van der Waals surface area contributed by atoms with Gasteiger partial charge in [-0.3, -0.25) is 0 Å². The second kappa shape index (κ2) is 1.93. The van der Waals surface area contributed by atoms with Gasteiger partial charge in [-0.05, 0) is 24.7 Å². The molecule has 4 rings (SSSR count). The molecular formula is C8H14ClNO. The van der Waals surface area contributed by atoms with Gasteiger partial charge in [0.15, 0.2) is 0 Å². The Morgan fingerprint density at radius 3 is 2.00 bits per heavy atom. The predicted molar refractivity (Wildman–Crippen MR) is 44.8 cm³/mol. The maximum absolute atomic E-state index is 5.95. The topological polar surface area (TPSA) is 35.2 Å². The van der Waals surface area contributed by atoms with Crippen LogP contribution in [-0.2, 0) is 4.74 Å². The summed E-state index contributed by atoms with van der Waals surface area (Å²) in [6, 6.07) is 0. The van der Waals surface area contributed by atoms with E-state index in [0.717, 1.165) is 19.1 Å². The SMILES string of the molecule is Cl.NC12CC(C3COC3)(C1)C2. The van der Waals surface area contributed by atoms with Gasteiger partial charge in [-0.1, -0.05) is 0 Å². The molecule has 1 saturated heterocycles. The third-order valence-corrected chi connectivity index (χ3v) is 3.62. The maximum Gasteiger partial charge on any atom is 0.0521 e. The second-order valence-corrected chi connectivity index (χ2v) is 4.49. The van der Waals surface area contributed by atoms with Gasteiger partial charge in [0.1, 0.15) is 0 Å². The lowest BCUT2D eigenvalue weighted by molar-refractivity contribution is -0.235. The first kappa shape index (κ1) is 7.84. The average Bonchev–Trinajstić information content (AvgIpc) is 1.53. The van der Waals surface area contributed by atoms with Crippen molar-refractivity contribution in [3.63, 3.8) is 0 Å². The largest absolute Gasteiger partial charge is 0.381 e. The zero-order valence-electron chi connectivity index (χ0n) is 6.51. The fraction of sp³-hybridized carbons (Fsp3) is 1.00. The summed E-state index contributed by atoms with van der Waals surface area (Å²) in [5.74, 6) is 0.873. The minimum atomic E-state index is 0. The molecule has 3 aliphatic carbocycles. The van der Waals surface area contributed by atoms with Crippen LogP contribution in [0, 0.1) is 11.3 Å². The van der Waals surface area contributed by atoms with Crippen molar-refractivity contribution in [1.82, 2.24) is 0 Å². The van der Waals surface area contributed by atoms with Gasteiger partial charge >= 0.3 is 0 Å². The van der Waals surface area contributed by atoms with E-state index in [9.17, 15) is 0 Å². The molecule has 3 saturated carbocycles. The van der Waals surface area contributed by atoms with Crippen LogP contribution < -0.4 is 5.73 Å². The summed E-state index contributed by atoms with van der Waals surface area (Å²) >= 11 is 0. The Kier molecular flexibility index (Phi) is 1.37. The molecule has 0 unspecified atom stereocenters. The second-order valence-electron chi connectivity index (χ2n) is 4.49. The number of nitrogens with two attached hydrogens (primary N) is 1. The third kappa shape index (κ3) is 0.754. The van der Waals surface area contributed by atoms with E-state index in [1.54, 1.807) is 0 Å². The van der Waals surface area contributed by atoms with Gasteiger partial charge in [-0.2, -0.15) is 0 Å². The Labute approximate surface area is 72.9 Å². The number of ether oxygens (including phenoxy) is 1. The van der Waals surface area contributed by atoms with Crippen LogP contribution in [0.5, 0.6) is 0 Å². The Morgan fingerprint density at radius 1 is 1.18 bits per heavy atom. The van der Waals surface area contributed by atoms with E-state index in [0.29, 0.717) is 5.41 Å². The zero-order valence-corrected chi connectivity index (χ0v) is 7.32. The Hall–Kier alpha value is 0.210. The Balaban J connectivity index is 0.000000480. The Bertz CT molecular complexity index is 171. The number of halogens is 1. The van der Waals surface area contributed by atoms with Crippen molar-refractivity contribution < 1.29 is 4.74 Å². The van der Waals surface area contributed by atoms with E-state index in [1.807, 2.05) is 0 Å². The maximum atomic E-state index is 5.95. The Morgan fingerprint density at radius 2 is 1.73 bits per heavy atom. The third-order valence-electron chi connectivity index (χ3n) is 3.62. The molecule has 2 bridgehead atoms. The molecule has 1 heterocycles. The first-order valence-corrected chi connectivity index (χ1v) is 4.09. The van der Waals surface area contributed by atoms with Crippen molar-refractivity contribution in [2.24, 2.45) is 17.1 Å². The van der Waals surface area contributed by atoms with Crippen molar-refractivity contribution in [1.29, 1.82) is 0 Å². The first-order valence-electron chi connectivity index (χ1n) is 4.09. The van der Waals surface area contributed by atoms with Crippen molar-refractivity contribution in [2.75, 3.05) is 13.2 Å². The summed E-state index contributed by atoms with van der Waals surface area (Å²) in [7, 11) is 0. The van der Waals surface area contributed by atoms with E-state index < -0.39 is 0 Å². The minimum Gasteiger partial charge on any atom is -0.381 e. The molecule has 0 atom stereocenters. The standard InChI is InChI=1S/C8H13NO.ClH/c9-8-3-7(4-8,5-8)6-1-10-2-6;/h6H,1-5,9H2;1H. The van der Waals surface area contributed by atoms with Gasteiger partial charge in [0, 0.05) is 11.5 Å². The molecule has 2 N–H and O–H groups in total. The summed E-state index contributed by atoms with van der Waals surface area (Å²) in [6.07, 6.45) is 3.86. The average molecular weight is 176 g/mol. The number of rotatable bonds is 1. The molecule has 0 aromatic carbocycles. The molecule has 2 nitrogen and oxygen atoms in total. The monoisotopic (exact) mass is 175 g/mol. The van der Waals surface area contributed by atoms with Gasteiger partial charge in [-0.25, -0.2) is 0 Å². The predicted octanol–water partition coefficient (Wildman–Crippen LogP) is 0.936. The van der Waals surface area contributed by atoms with Gasteiger partial charge < -0.3 is 10.5 Å². The van der Waals surface area contributed by atoms with Crippen LogP contribution in [-0.4, -0.2) is 18.8 Å². The van der Waals surface area contributed by atoms with Crippen LogP contribution in [0.15, 0.2) is 0 Å². The van der Waals surface area contributed by atoms with Crippen LogP contribution in [0.4, 0.5) is 0 Å². The summed E-state index contributed by atoms with van der Waals surface area (Å²) in [6.45, 7) is 2.02. The fourth-order valence-electron chi connectivity index (χ4n) is 2.97. The molecule has 1 aliphatic heterocycles. The normalized spacial score (nSPS) is 53.2. The lowest BCUT2D eigenvalue weighted by atomic mass is 9.36. The summed E-state index contributed by atoms with van der Waals surface area (Å²) < 4.78 is 5.17. The quantitative estimate of drug-likeness (QED) is 0.644. The molecule has 0 spiro atoms. The molecular weight excluding hydrogens is 162 g/mol. The molecule has 3 heteroatoms. The lowest BCUT2D eigenvalue weighted by Gasteiger charge is -2.73. The molecule has 4 aliphatic rings. The van der Waals surface area contributed by atoms with Crippen LogP contribution in [0.25, 0.3) is 0 Å². The fourth-order valence-corrected chi connectivity index (χ4v) is 2.97. The van der Waals surface area contributed by atoms with Crippen LogP contribution >= 0.6 is 12.4 Å². The summed E-state index contributed by atoms with van der Waals surface area (Å²) in [5, 5.41) is 0. The van der Waals surface area contributed by atoms with Gasteiger partial charge in [-0.15, -0.1) is 12.4 Å². The first-order chi connectivity index (χ1) is 4.73. The molecule has 11 heavy (non-hydrogen) atoms. The number of hydrogen-bond acceptors (Lipinski definition) is 2. The van der Waals surface area contributed by atoms with Gasteiger partial charge in [0.2, 0.25) is 0 Å². The van der Waals surface area contributed by atoms with Gasteiger partial charge in [0.05, 0.1) is 13.2 Å². The van der Waals surface area contributed by atoms with E-state index in [4.69, 9.17) is 10.5 Å². The smallest absolute Gasteiger partial charge is 0.0521 e. The lowest BCUT2D eigenvalue weighted by Crippen LogP contribution is -2.76. The van der Waals surface area contributed by atoms with E-state index in [1.165, 1.54) is 19.3 Å². The molecule has 0 radical (unpaired) electrons. The highest BCUT2D eigenvalue weighted by molar-refractivity contribution is 5.85. The molecule has 0 aromatic heterocycles. The van der Waals surface area contributed by atoms with Crippen molar-refractivity contribution in [2.45, 2.75) is 24.8 Å². The van der Waals surface area contributed by atoms with Crippen molar-refractivity contribution in [3.8, 4) is 0 Å². The molecule has 0 aromatic rings. The molecule has 64 valence electrons. The summed E-state index contributed by atoms with van der Waals surface area (Å²) in [5.41, 5.74) is 6.91. The van der Waals surface area contributed by atoms with Gasteiger partial charge in [0.25, 0.3) is 0 Å². The molecule has 4 fully saturated rings. The van der Waals surface area contributed by atoms with E-state index >= 15 is 0 Å². The highest BCUT2D eigenvalue weighted by Crippen LogP contribution is 2.70. The van der Waals surface area contributed by atoms with Crippen LogP contribution in [0.1, 0.15) is 19.3 Å². The molecule has 0 amide bonds. The highest BCUT2D eigenvalue weighted by Gasteiger charge is 2.69.